The minimum Gasteiger partial charge on any atom is -0.365 e. The Morgan fingerprint density at radius 2 is 2.22 bits per heavy atom. The van der Waals surface area contributed by atoms with Crippen LogP contribution >= 0.6 is 0 Å². The number of nitrogens with one attached hydrogen (secondary N) is 2. The molecule has 1 aromatic rings. The topological polar surface area (TPSA) is 49.8 Å². The Balaban J connectivity index is 2.09. The second-order valence-corrected chi connectivity index (χ2v) is 5.74. The fourth-order valence-electron chi connectivity index (χ4n) is 2.60. The van der Waals surface area contributed by atoms with Crippen molar-refractivity contribution in [3.63, 3.8) is 0 Å². The molecule has 2 N–H and O–H groups in total. The molecule has 0 bridgehead atoms. The third-order valence-corrected chi connectivity index (χ3v) is 3.51. The fourth-order valence-corrected chi connectivity index (χ4v) is 2.60. The third kappa shape index (κ3) is 3.09. The van der Waals surface area contributed by atoms with E-state index in [1.54, 1.807) is 7.05 Å². The zero-order valence-corrected chi connectivity index (χ0v) is 11.3. The van der Waals surface area contributed by atoms with Crippen LogP contribution in [0.1, 0.15) is 39.5 Å². The number of hydrogen-bond donors (Lipinski definition) is 2. The number of rotatable bonds is 3. The summed E-state index contributed by atoms with van der Waals surface area (Å²) in [5.74, 6) is 0.350. The number of hydrogen-bond acceptors (Lipinski definition) is 4. The predicted molar refractivity (Wildman–Crippen MR) is 71.2 cm³/mol. The molecule has 100 valence electrons. The first kappa shape index (κ1) is 13.1. The summed E-state index contributed by atoms with van der Waals surface area (Å²) in [6.07, 6.45) is 5.73. The van der Waals surface area contributed by atoms with Crippen LogP contribution in [-0.2, 0) is 0 Å². The minimum atomic E-state index is -0.391. The predicted octanol–water partition coefficient (Wildman–Crippen LogP) is 3.04. The highest BCUT2D eigenvalue weighted by Gasteiger charge is 2.28. The smallest absolute Gasteiger partial charge is 0.224 e. The van der Waals surface area contributed by atoms with Crippen molar-refractivity contribution in [2.24, 2.45) is 5.41 Å². The maximum atomic E-state index is 13.6. The van der Waals surface area contributed by atoms with Gasteiger partial charge in [0.05, 0.1) is 6.20 Å². The van der Waals surface area contributed by atoms with Gasteiger partial charge in [0.25, 0.3) is 0 Å². The summed E-state index contributed by atoms with van der Waals surface area (Å²) < 4.78 is 13.6. The molecule has 0 aliphatic heterocycles. The molecule has 18 heavy (non-hydrogen) atoms. The second kappa shape index (κ2) is 5.08. The molecule has 1 aromatic heterocycles. The number of anilines is 2. The van der Waals surface area contributed by atoms with Gasteiger partial charge < -0.3 is 10.6 Å². The van der Waals surface area contributed by atoms with Crippen LogP contribution in [0.5, 0.6) is 0 Å². The Hall–Kier alpha value is -1.39. The molecule has 0 saturated heterocycles. The highest BCUT2D eigenvalue weighted by atomic mass is 19.1. The van der Waals surface area contributed by atoms with Crippen LogP contribution in [0, 0.1) is 11.2 Å². The number of nitrogens with zero attached hydrogens (tertiary/aromatic N) is 2. The molecule has 0 aromatic carbocycles. The van der Waals surface area contributed by atoms with Crippen molar-refractivity contribution in [2.75, 3.05) is 17.7 Å². The lowest BCUT2D eigenvalue weighted by Gasteiger charge is -2.35. The van der Waals surface area contributed by atoms with E-state index in [4.69, 9.17) is 0 Å². The van der Waals surface area contributed by atoms with E-state index in [0.29, 0.717) is 23.2 Å². The van der Waals surface area contributed by atoms with E-state index in [1.165, 1.54) is 19.0 Å². The Bertz CT molecular complexity index is 419. The van der Waals surface area contributed by atoms with Crippen molar-refractivity contribution < 1.29 is 4.39 Å². The molecule has 2 rings (SSSR count). The van der Waals surface area contributed by atoms with E-state index < -0.39 is 5.82 Å². The second-order valence-electron chi connectivity index (χ2n) is 5.74. The van der Waals surface area contributed by atoms with Gasteiger partial charge in [-0.2, -0.15) is 4.98 Å². The highest BCUT2D eigenvalue weighted by Crippen LogP contribution is 2.36. The molecule has 0 amide bonds. The van der Waals surface area contributed by atoms with Crippen molar-refractivity contribution in [2.45, 2.75) is 45.6 Å². The molecule has 1 aliphatic carbocycles. The summed E-state index contributed by atoms with van der Waals surface area (Å²) in [5.41, 5.74) is 0.325. The molecule has 1 heterocycles. The zero-order chi connectivity index (χ0) is 13.2. The van der Waals surface area contributed by atoms with Gasteiger partial charge in [-0.15, -0.1) is 0 Å². The maximum absolute atomic E-state index is 13.6. The van der Waals surface area contributed by atoms with Crippen LogP contribution in [0.15, 0.2) is 6.20 Å². The molecular weight excluding hydrogens is 231 g/mol. The van der Waals surface area contributed by atoms with Crippen molar-refractivity contribution in [3.05, 3.63) is 12.0 Å². The standard InChI is InChI=1S/C13H21FN4/c1-13(2)6-4-5-9(7-13)17-11-10(14)8-16-12(15-3)18-11/h8-9H,4-7H2,1-3H3,(H2,15,16,17,18). The first-order valence-corrected chi connectivity index (χ1v) is 6.47. The molecule has 1 atom stereocenters. The van der Waals surface area contributed by atoms with Gasteiger partial charge in [-0.1, -0.05) is 20.3 Å². The van der Waals surface area contributed by atoms with Crippen molar-refractivity contribution in [1.29, 1.82) is 0 Å². The van der Waals surface area contributed by atoms with Gasteiger partial charge in [-0.25, -0.2) is 9.37 Å². The van der Waals surface area contributed by atoms with Gasteiger partial charge in [-0.05, 0) is 24.7 Å². The Labute approximate surface area is 107 Å². The summed E-state index contributed by atoms with van der Waals surface area (Å²) in [6.45, 7) is 4.52. The SMILES string of the molecule is CNc1ncc(F)c(NC2CCCC(C)(C)C2)n1. The van der Waals surface area contributed by atoms with E-state index in [-0.39, 0.29) is 0 Å². The average Bonchev–Trinajstić information content (AvgIpc) is 2.31. The van der Waals surface area contributed by atoms with Crippen LogP contribution in [-0.4, -0.2) is 23.1 Å². The zero-order valence-electron chi connectivity index (χ0n) is 11.3. The summed E-state index contributed by atoms with van der Waals surface area (Å²) in [5, 5.41) is 6.03. The van der Waals surface area contributed by atoms with Gasteiger partial charge in [0.2, 0.25) is 5.95 Å². The van der Waals surface area contributed by atoms with E-state index in [1.807, 2.05) is 0 Å². The molecule has 1 fully saturated rings. The van der Waals surface area contributed by atoms with Crippen LogP contribution in [0.3, 0.4) is 0 Å². The Morgan fingerprint density at radius 3 is 2.89 bits per heavy atom. The molecular formula is C13H21FN4. The quantitative estimate of drug-likeness (QED) is 0.868. The van der Waals surface area contributed by atoms with Gasteiger partial charge >= 0.3 is 0 Å². The lowest BCUT2D eigenvalue weighted by atomic mass is 9.75. The van der Waals surface area contributed by atoms with Crippen LogP contribution in [0.25, 0.3) is 0 Å². The average molecular weight is 252 g/mol. The van der Waals surface area contributed by atoms with Gasteiger partial charge in [-0.3, -0.25) is 0 Å². The van der Waals surface area contributed by atoms with Crippen molar-refractivity contribution >= 4 is 11.8 Å². The highest BCUT2D eigenvalue weighted by molar-refractivity contribution is 5.41. The summed E-state index contributed by atoms with van der Waals surface area (Å²) in [4.78, 5) is 7.97. The number of halogens is 1. The summed E-state index contributed by atoms with van der Waals surface area (Å²) in [7, 11) is 1.72. The lowest BCUT2D eigenvalue weighted by Crippen LogP contribution is -2.32. The van der Waals surface area contributed by atoms with Crippen LogP contribution in [0.2, 0.25) is 0 Å². The first-order valence-electron chi connectivity index (χ1n) is 6.47. The minimum absolute atomic E-state index is 0.294. The molecule has 0 radical (unpaired) electrons. The molecule has 1 saturated carbocycles. The third-order valence-electron chi connectivity index (χ3n) is 3.51. The normalized spacial score (nSPS) is 22.6. The molecule has 0 spiro atoms. The Kier molecular flexibility index (Phi) is 3.68. The fraction of sp³-hybridized carbons (Fsp3) is 0.692. The monoisotopic (exact) mass is 252 g/mol. The Morgan fingerprint density at radius 1 is 1.44 bits per heavy atom. The van der Waals surface area contributed by atoms with Gasteiger partial charge in [0.1, 0.15) is 0 Å². The number of aromatic nitrogens is 2. The van der Waals surface area contributed by atoms with E-state index >= 15 is 0 Å². The van der Waals surface area contributed by atoms with Gasteiger partial charge in [0.15, 0.2) is 11.6 Å². The summed E-state index contributed by atoms with van der Waals surface area (Å²) >= 11 is 0. The van der Waals surface area contributed by atoms with Crippen LogP contribution < -0.4 is 10.6 Å². The van der Waals surface area contributed by atoms with Crippen molar-refractivity contribution in [3.8, 4) is 0 Å². The van der Waals surface area contributed by atoms with E-state index in [9.17, 15) is 4.39 Å². The van der Waals surface area contributed by atoms with Crippen LogP contribution in [0.4, 0.5) is 16.2 Å². The van der Waals surface area contributed by atoms with Crippen molar-refractivity contribution in [1.82, 2.24) is 9.97 Å². The van der Waals surface area contributed by atoms with Gasteiger partial charge in [0, 0.05) is 13.1 Å². The van der Waals surface area contributed by atoms with E-state index in [2.05, 4.69) is 34.4 Å². The molecule has 4 nitrogen and oxygen atoms in total. The summed E-state index contributed by atoms with van der Waals surface area (Å²) in [6, 6.07) is 0.294. The van der Waals surface area contributed by atoms with E-state index in [0.717, 1.165) is 12.8 Å². The lowest BCUT2D eigenvalue weighted by molar-refractivity contribution is 0.229. The maximum Gasteiger partial charge on any atom is 0.224 e. The first-order chi connectivity index (χ1) is 8.50. The molecule has 1 unspecified atom stereocenters. The molecule has 1 aliphatic rings. The molecule has 5 heteroatoms. The largest absolute Gasteiger partial charge is 0.365 e.